The summed E-state index contributed by atoms with van der Waals surface area (Å²) in [6, 6.07) is 0. The molecule has 0 bridgehead atoms. The molecule has 6 nitrogen and oxygen atoms in total. The van der Waals surface area contributed by atoms with Crippen molar-refractivity contribution in [3.8, 4) is 0 Å². The smallest absolute Gasteiger partial charge is 0.190 e. The Morgan fingerprint density at radius 2 is 1.93 bits per heavy atom. The van der Waals surface area contributed by atoms with Crippen molar-refractivity contribution in [1.82, 2.24) is 0 Å². The molecule has 0 amide bonds. The quantitative estimate of drug-likeness (QED) is 0.564. The molecule has 4 aliphatic rings. The molecule has 0 aromatic rings. The molecule has 3 saturated carbocycles. The molecule has 27 heavy (non-hydrogen) atoms. The molecule has 0 aromatic carbocycles. The molecule has 0 aliphatic heterocycles. The van der Waals surface area contributed by atoms with Crippen molar-refractivity contribution in [2.45, 2.75) is 70.2 Å². The SMILES string of the molecule is C[C@]12C[C@@H](O)C(=O)C=C1CC[C@@H]1[C@@H]2[C@@H](O)C[C@@]2(C)[C@H]1CC[C@]2(O)C(=O)CO. The van der Waals surface area contributed by atoms with Crippen molar-refractivity contribution in [2.75, 3.05) is 6.61 Å². The summed E-state index contributed by atoms with van der Waals surface area (Å²) < 4.78 is 0. The van der Waals surface area contributed by atoms with Gasteiger partial charge in [-0.3, -0.25) is 9.59 Å². The Balaban J connectivity index is 1.74. The van der Waals surface area contributed by atoms with Gasteiger partial charge in [0.25, 0.3) is 0 Å². The summed E-state index contributed by atoms with van der Waals surface area (Å²) in [4.78, 5) is 24.3. The van der Waals surface area contributed by atoms with Crippen molar-refractivity contribution in [1.29, 1.82) is 0 Å². The highest BCUT2D eigenvalue weighted by Crippen LogP contribution is 2.67. The van der Waals surface area contributed by atoms with E-state index in [2.05, 4.69) is 0 Å². The van der Waals surface area contributed by atoms with E-state index in [1.165, 1.54) is 0 Å². The van der Waals surface area contributed by atoms with E-state index in [0.29, 0.717) is 19.3 Å². The van der Waals surface area contributed by atoms with E-state index < -0.39 is 41.0 Å². The van der Waals surface area contributed by atoms with E-state index in [-0.39, 0.29) is 30.0 Å². The van der Waals surface area contributed by atoms with Gasteiger partial charge in [-0.25, -0.2) is 0 Å². The van der Waals surface area contributed by atoms with E-state index in [1.54, 1.807) is 6.08 Å². The molecule has 0 saturated heterocycles. The zero-order valence-corrected chi connectivity index (χ0v) is 16.0. The summed E-state index contributed by atoms with van der Waals surface area (Å²) in [7, 11) is 0. The van der Waals surface area contributed by atoms with E-state index >= 15 is 0 Å². The van der Waals surface area contributed by atoms with Crippen LogP contribution in [0.3, 0.4) is 0 Å². The predicted molar refractivity (Wildman–Crippen MR) is 96.5 cm³/mol. The second-order valence-electron chi connectivity index (χ2n) is 9.71. The normalized spacial score (nSPS) is 51.9. The summed E-state index contributed by atoms with van der Waals surface area (Å²) in [6.07, 6.45) is 2.94. The predicted octanol–water partition coefficient (Wildman–Crippen LogP) is 0.752. The number of hydrogen-bond acceptors (Lipinski definition) is 6. The van der Waals surface area contributed by atoms with Crippen LogP contribution in [-0.4, -0.2) is 56.4 Å². The first-order valence-corrected chi connectivity index (χ1v) is 10.1. The van der Waals surface area contributed by atoms with Gasteiger partial charge >= 0.3 is 0 Å². The van der Waals surface area contributed by atoms with Crippen LogP contribution in [0.25, 0.3) is 0 Å². The van der Waals surface area contributed by atoms with Crippen LogP contribution in [0.1, 0.15) is 52.4 Å². The van der Waals surface area contributed by atoms with Gasteiger partial charge in [0.15, 0.2) is 11.6 Å². The lowest BCUT2D eigenvalue weighted by Gasteiger charge is -2.60. The third-order valence-electron chi connectivity index (χ3n) is 8.69. The first kappa shape index (κ1) is 19.2. The number of carbonyl (C=O) groups excluding carboxylic acids is 2. The number of Topliss-reactive ketones (excluding diaryl/α,β-unsaturated/α-hetero) is 1. The average Bonchev–Trinajstić information content (AvgIpc) is 2.87. The second-order valence-corrected chi connectivity index (χ2v) is 9.71. The topological polar surface area (TPSA) is 115 Å². The number of hydrogen-bond donors (Lipinski definition) is 4. The van der Waals surface area contributed by atoms with E-state index in [9.17, 15) is 30.0 Å². The standard InChI is InChI=1S/C21H30O6/c1-19-8-15(24)14(23)7-11(19)3-4-12-13-5-6-21(27,17(26)10-22)20(13,2)9-16(25)18(12)19/h7,12-13,15-16,18,22,24-25,27H,3-6,8-10H2,1-2H3/t12-,13-,15+,16-,18+,19-,20-,21-/m0/s1. The van der Waals surface area contributed by atoms with Crippen LogP contribution in [0.15, 0.2) is 11.6 Å². The molecule has 4 aliphatic carbocycles. The van der Waals surface area contributed by atoms with Gasteiger partial charge < -0.3 is 20.4 Å². The van der Waals surface area contributed by atoms with Gasteiger partial charge in [0.05, 0.1) is 6.10 Å². The van der Waals surface area contributed by atoms with Gasteiger partial charge in [0.1, 0.15) is 18.3 Å². The lowest BCUT2D eigenvalue weighted by molar-refractivity contribution is -0.184. The second kappa shape index (κ2) is 5.96. The minimum absolute atomic E-state index is 0.0690. The molecule has 4 N–H and O–H groups in total. The average molecular weight is 378 g/mol. The summed E-state index contributed by atoms with van der Waals surface area (Å²) in [5.41, 5.74) is -1.80. The van der Waals surface area contributed by atoms with Gasteiger partial charge in [-0.1, -0.05) is 19.4 Å². The number of rotatable bonds is 2. The minimum atomic E-state index is -1.60. The third kappa shape index (κ3) is 2.33. The molecule has 0 radical (unpaired) electrons. The Morgan fingerprint density at radius 3 is 2.59 bits per heavy atom. The first-order chi connectivity index (χ1) is 12.6. The van der Waals surface area contributed by atoms with Crippen LogP contribution in [0.4, 0.5) is 0 Å². The lowest BCUT2D eigenvalue weighted by Crippen LogP contribution is -2.62. The number of aliphatic hydroxyl groups excluding tert-OH is 3. The summed E-state index contributed by atoms with van der Waals surface area (Å²) in [6.45, 7) is 3.23. The third-order valence-corrected chi connectivity index (χ3v) is 8.69. The summed E-state index contributed by atoms with van der Waals surface area (Å²) in [5, 5.41) is 41.9. The van der Waals surface area contributed by atoms with Crippen LogP contribution in [0, 0.1) is 28.6 Å². The zero-order valence-electron chi connectivity index (χ0n) is 16.0. The van der Waals surface area contributed by atoms with Gasteiger partial charge in [-0.2, -0.15) is 0 Å². The monoisotopic (exact) mass is 378 g/mol. The molecule has 6 heteroatoms. The van der Waals surface area contributed by atoms with Gasteiger partial charge in [0.2, 0.25) is 0 Å². The first-order valence-electron chi connectivity index (χ1n) is 10.1. The van der Waals surface area contributed by atoms with Crippen LogP contribution >= 0.6 is 0 Å². The molecule has 0 heterocycles. The lowest BCUT2D eigenvalue weighted by atomic mass is 9.45. The Kier molecular flexibility index (Phi) is 4.25. The van der Waals surface area contributed by atoms with Crippen molar-refractivity contribution < 1.29 is 30.0 Å². The van der Waals surface area contributed by atoms with Crippen LogP contribution in [0.2, 0.25) is 0 Å². The molecule has 150 valence electrons. The number of allylic oxidation sites excluding steroid dienone is 1. The van der Waals surface area contributed by atoms with Crippen LogP contribution in [-0.2, 0) is 9.59 Å². The fourth-order valence-electron chi connectivity index (χ4n) is 7.34. The van der Waals surface area contributed by atoms with E-state index in [0.717, 1.165) is 18.4 Å². The largest absolute Gasteiger partial charge is 0.393 e. The Bertz CT molecular complexity index is 715. The molecule has 0 aromatic heterocycles. The summed E-state index contributed by atoms with van der Waals surface area (Å²) in [5.74, 6) is -0.731. The van der Waals surface area contributed by atoms with Crippen LogP contribution < -0.4 is 0 Å². The fraction of sp³-hybridized carbons (Fsp3) is 0.810. The Morgan fingerprint density at radius 1 is 1.22 bits per heavy atom. The number of carbonyl (C=O) groups is 2. The molecular formula is C21H30O6. The van der Waals surface area contributed by atoms with Gasteiger partial charge in [-0.05, 0) is 67.8 Å². The molecule has 0 spiro atoms. The van der Waals surface area contributed by atoms with Crippen molar-refractivity contribution in [3.05, 3.63) is 11.6 Å². The number of fused-ring (bicyclic) bond motifs is 5. The Hall–Kier alpha value is -1.08. The van der Waals surface area contributed by atoms with E-state index in [4.69, 9.17) is 0 Å². The molecule has 8 atom stereocenters. The molecule has 0 unspecified atom stereocenters. The zero-order chi connectivity index (χ0) is 19.8. The molecular weight excluding hydrogens is 348 g/mol. The van der Waals surface area contributed by atoms with Gasteiger partial charge in [0, 0.05) is 5.41 Å². The van der Waals surface area contributed by atoms with Crippen molar-refractivity contribution in [3.63, 3.8) is 0 Å². The molecule has 4 rings (SSSR count). The maximum absolute atomic E-state index is 12.4. The maximum atomic E-state index is 12.4. The van der Waals surface area contributed by atoms with Crippen LogP contribution in [0.5, 0.6) is 0 Å². The highest BCUT2D eigenvalue weighted by Gasteiger charge is 2.68. The van der Waals surface area contributed by atoms with Crippen molar-refractivity contribution >= 4 is 11.6 Å². The highest BCUT2D eigenvalue weighted by molar-refractivity contribution is 5.95. The summed E-state index contributed by atoms with van der Waals surface area (Å²) >= 11 is 0. The number of aliphatic hydroxyl groups is 4. The number of ketones is 2. The van der Waals surface area contributed by atoms with E-state index in [1.807, 2.05) is 13.8 Å². The molecule has 3 fully saturated rings. The highest BCUT2D eigenvalue weighted by atomic mass is 16.3. The maximum Gasteiger partial charge on any atom is 0.190 e. The van der Waals surface area contributed by atoms with Gasteiger partial charge in [-0.15, -0.1) is 0 Å². The van der Waals surface area contributed by atoms with Crippen molar-refractivity contribution in [2.24, 2.45) is 28.6 Å². The minimum Gasteiger partial charge on any atom is -0.393 e. The Labute approximate surface area is 159 Å². The fourth-order valence-corrected chi connectivity index (χ4v) is 7.34.